The lowest BCUT2D eigenvalue weighted by molar-refractivity contribution is -0.138. The van der Waals surface area contributed by atoms with Gasteiger partial charge in [-0.05, 0) is 41.7 Å². The molecule has 0 aliphatic carbocycles. The van der Waals surface area contributed by atoms with E-state index in [0.717, 1.165) is 16.7 Å². The molecule has 36 heavy (non-hydrogen) atoms. The molecule has 0 radical (unpaired) electrons. The molecule has 0 aromatic heterocycles. The quantitative estimate of drug-likeness (QED) is 0.339. The van der Waals surface area contributed by atoms with Gasteiger partial charge >= 0.3 is 0 Å². The smallest absolute Gasteiger partial charge is 0.226 e. The number of halogens is 2. The van der Waals surface area contributed by atoms with Crippen molar-refractivity contribution in [1.29, 1.82) is 0 Å². The van der Waals surface area contributed by atoms with Crippen molar-refractivity contribution < 1.29 is 14.6 Å². The highest BCUT2D eigenvalue weighted by Gasteiger charge is 2.42. The van der Waals surface area contributed by atoms with Crippen LogP contribution < -0.4 is 5.32 Å². The lowest BCUT2D eigenvalue weighted by Crippen LogP contribution is -2.58. The zero-order chi connectivity index (χ0) is 25.4. The molecule has 0 bridgehead atoms. The van der Waals surface area contributed by atoms with Gasteiger partial charge in [0.15, 0.2) is 0 Å². The third kappa shape index (κ3) is 6.67. The number of benzene rings is 3. The minimum atomic E-state index is -0.392. The molecule has 7 heteroatoms. The number of aliphatic hydroxyl groups excluding tert-OH is 1. The number of nitrogens with zero attached hydrogens (tertiary/aromatic N) is 1. The second kappa shape index (κ2) is 12.7. The molecular weight excluding hydrogens is 495 g/mol. The molecule has 5 nitrogen and oxygen atoms in total. The Balaban J connectivity index is 1.40. The highest BCUT2D eigenvalue weighted by molar-refractivity contribution is 6.42. The van der Waals surface area contributed by atoms with Crippen LogP contribution in [0.15, 0.2) is 78.9 Å². The Morgan fingerprint density at radius 1 is 1.00 bits per heavy atom. The minimum Gasteiger partial charge on any atom is -0.395 e. The minimum absolute atomic E-state index is 0.0364. The van der Waals surface area contributed by atoms with Gasteiger partial charge in [-0.2, -0.15) is 0 Å². The molecule has 1 heterocycles. The first kappa shape index (κ1) is 26.6. The van der Waals surface area contributed by atoms with Crippen LogP contribution >= 0.6 is 23.2 Å². The Hall–Kier alpha value is -2.41. The van der Waals surface area contributed by atoms with Crippen molar-refractivity contribution in [2.75, 3.05) is 19.8 Å². The largest absolute Gasteiger partial charge is 0.395 e. The highest BCUT2D eigenvalue weighted by atomic mass is 35.5. The van der Waals surface area contributed by atoms with E-state index in [1.165, 1.54) is 0 Å². The van der Waals surface area contributed by atoms with Gasteiger partial charge in [-0.25, -0.2) is 0 Å². The number of hydrogen-bond acceptors (Lipinski definition) is 4. The van der Waals surface area contributed by atoms with Gasteiger partial charge in [0.2, 0.25) is 5.91 Å². The topological polar surface area (TPSA) is 61.8 Å². The average Bonchev–Trinajstić information content (AvgIpc) is 2.92. The molecule has 1 aliphatic rings. The molecule has 2 atom stereocenters. The second-order valence-electron chi connectivity index (χ2n) is 9.28. The summed E-state index contributed by atoms with van der Waals surface area (Å²) in [6.07, 6.45) is 1.42. The van der Waals surface area contributed by atoms with E-state index in [2.05, 4.69) is 29.6 Å². The standard InChI is InChI=1S/C29H32Cl2N2O3/c30-25-12-11-23(17-26(25)31)20-36-16-13-28(35)33-15-14-29(21-34,24-9-5-2-6-10-24)18-27(33)32-19-22-7-3-1-4-8-22/h1-12,17,27,32,34H,13-16,18-21H2. The maximum absolute atomic E-state index is 13.3. The van der Waals surface area contributed by atoms with E-state index in [0.29, 0.717) is 49.2 Å². The summed E-state index contributed by atoms with van der Waals surface area (Å²) in [6, 6.07) is 25.6. The first-order valence-electron chi connectivity index (χ1n) is 12.3. The number of amides is 1. The van der Waals surface area contributed by atoms with Crippen LogP contribution in [0.3, 0.4) is 0 Å². The molecule has 1 fully saturated rings. The van der Waals surface area contributed by atoms with Crippen molar-refractivity contribution in [1.82, 2.24) is 10.2 Å². The molecule has 4 rings (SSSR count). The predicted octanol–water partition coefficient (Wildman–Crippen LogP) is 5.57. The maximum Gasteiger partial charge on any atom is 0.226 e. The number of piperidine rings is 1. The van der Waals surface area contributed by atoms with Crippen molar-refractivity contribution in [3.05, 3.63) is 106 Å². The fourth-order valence-corrected chi connectivity index (χ4v) is 5.12. The van der Waals surface area contributed by atoms with Crippen molar-refractivity contribution >= 4 is 29.1 Å². The Morgan fingerprint density at radius 2 is 1.72 bits per heavy atom. The third-order valence-corrected chi connectivity index (χ3v) is 7.64. The number of carbonyl (C=O) groups excluding carboxylic acids is 1. The molecule has 190 valence electrons. The summed E-state index contributed by atoms with van der Waals surface area (Å²) in [4.78, 5) is 15.2. The van der Waals surface area contributed by atoms with E-state index >= 15 is 0 Å². The van der Waals surface area contributed by atoms with Crippen LogP contribution in [0.2, 0.25) is 10.0 Å². The molecule has 1 saturated heterocycles. The second-order valence-corrected chi connectivity index (χ2v) is 10.1. The number of ether oxygens (including phenoxy) is 1. The van der Waals surface area contributed by atoms with E-state index in [1.54, 1.807) is 12.1 Å². The predicted molar refractivity (Wildman–Crippen MR) is 144 cm³/mol. The molecule has 3 aromatic carbocycles. The van der Waals surface area contributed by atoms with Crippen molar-refractivity contribution in [2.24, 2.45) is 0 Å². The van der Waals surface area contributed by atoms with E-state index in [1.807, 2.05) is 47.4 Å². The fourth-order valence-electron chi connectivity index (χ4n) is 4.80. The zero-order valence-electron chi connectivity index (χ0n) is 20.2. The van der Waals surface area contributed by atoms with Gasteiger partial charge in [0.1, 0.15) is 0 Å². The van der Waals surface area contributed by atoms with Gasteiger partial charge in [0.25, 0.3) is 0 Å². The molecular formula is C29H32Cl2N2O3. The average molecular weight is 527 g/mol. The lowest BCUT2D eigenvalue weighted by atomic mass is 9.72. The summed E-state index contributed by atoms with van der Waals surface area (Å²) in [5.74, 6) is 0.0364. The van der Waals surface area contributed by atoms with Crippen LogP contribution in [-0.2, 0) is 28.1 Å². The fraction of sp³-hybridized carbons (Fsp3) is 0.345. The summed E-state index contributed by atoms with van der Waals surface area (Å²) >= 11 is 12.0. The lowest BCUT2D eigenvalue weighted by Gasteiger charge is -2.46. The van der Waals surface area contributed by atoms with Crippen LogP contribution in [0.4, 0.5) is 0 Å². The number of aliphatic hydroxyl groups is 1. The Bertz CT molecular complexity index is 1130. The van der Waals surface area contributed by atoms with Crippen LogP contribution in [0.1, 0.15) is 36.0 Å². The van der Waals surface area contributed by atoms with Gasteiger partial charge in [-0.3, -0.25) is 10.1 Å². The number of likely N-dealkylation sites (tertiary alicyclic amines) is 1. The van der Waals surface area contributed by atoms with Crippen LogP contribution in [0, 0.1) is 0 Å². The third-order valence-electron chi connectivity index (χ3n) is 6.90. The normalized spacial score (nSPS) is 19.9. The van der Waals surface area contributed by atoms with E-state index < -0.39 is 5.41 Å². The van der Waals surface area contributed by atoms with Gasteiger partial charge in [0, 0.05) is 18.5 Å². The zero-order valence-corrected chi connectivity index (χ0v) is 21.7. The molecule has 2 unspecified atom stereocenters. The number of nitrogens with one attached hydrogen (secondary N) is 1. The van der Waals surface area contributed by atoms with Crippen LogP contribution in [0.25, 0.3) is 0 Å². The van der Waals surface area contributed by atoms with Crippen LogP contribution in [-0.4, -0.2) is 41.8 Å². The Kier molecular flexibility index (Phi) is 9.41. The van der Waals surface area contributed by atoms with Gasteiger partial charge in [0.05, 0.1) is 42.5 Å². The van der Waals surface area contributed by atoms with E-state index in [4.69, 9.17) is 27.9 Å². The summed E-state index contributed by atoms with van der Waals surface area (Å²) in [7, 11) is 0. The summed E-state index contributed by atoms with van der Waals surface area (Å²) in [5.41, 5.74) is 2.77. The summed E-state index contributed by atoms with van der Waals surface area (Å²) in [5, 5.41) is 15.0. The Labute approximate surface area is 223 Å². The highest BCUT2D eigenvalue weighted by Crippen LogP contribution is 2.37. The Morgan fingerprint density at radius 3 is 2.42 bits per heavy atom. The molecule has 3 aromatic rings. The van der Waals surface area contributed by atoms with E-state index in [-0.39, 0.29) is 25.1 Å². The molecule has 2 N–H and O–H groups in total. The number of carbonyl (C=O) groups is 1. The van der Waals surface area contributed by atoms with Crippen molar-refractivity contribution in [3.8, 4) is 0 Å². The molecule has 1 aliphatic heterocycles. The van der Waals surface area contributed by atoms with Gasteiger partial charge < -0.3 is 14.7 Å². The van der Waals surface area contributed by atoms with Crippen molar-refractivity contribution in [2.45, 2.75) is 44.0 Å². The van der Waals surface area contributed by atoms with Gasteiger partial charge in [-0.1, -0.05) is 89.9 Å². The molecule has 0 spiro atoms. The molecule has 0 saturated carbocycles. The summed E-state index contributed by atoms with van der Waals surface area (Å²) < 4.78 is 5.76. The molecule has 1 amide bonds. The summed E-state index contributed by atoms with van der Waals surface area (Å²) in [6.45, 7) is 1.91. The van der Waals surface area contributed by atoms with Crippen molar-refractivity contribution in [3.63, 3.8) is 0 Å². The van der Waals surface area contributed by atoms with Gasteiger partial charge in [-0.15, -0.1) is 0 Å². The van der Waals surface area contributed by atoms with E-state index in [9.17, 15) is 9.90 Å². The monoisotopic (exact) mass is 526 g/mol. The maximum atomic E-state index is 13.3. The number of rotatable bonds is 10. The first-order valence-corrected chi connectivity index (χ1v) is 13.0. The van der Waals surface area contributed by atoms with Crippen LogP contribution in [0.5, 0.6) is 0 Å². The number of hydrogen-bond donors (Lipinski definition) is 2. The SMILES string of the molecule is O=C(CCOCc1ccc(Cl)c(Cl)c1)N1CCC(CO)(c2ccccc2)CC1NCc1ccccc1. The first-order chi connectivity index (χ1) is 17.5.